The minimum atomic E-state index is -4.95. The number of phosphoric ester groups is 2. The molecule has 0 aliphatic rings. The fourth-order valence-corrected chi connectivity index (χ4v) is 12.8. The normalized spacial score (nSPS) is 13.6. The van der Waals surface area contributed by atoms with Crippen molar-refractivity contribution in [2.75, 3.05) is 39.6 Å². The van der Waals surface area contributed by atoms with Gasteiger partial charge in [-0.05, 0) is 25.7 Å². The van der Waals surface area contributed by atoms with Crippen molar-refractivity contribution in [1.82, 2.24) is 0 Å². The summed E-state index contributed by atoms with van der Waals surface area (Å²) >= 11 is 0. The summed E-state index contributed by atoms with van der Waals surface area (Å²) in [6.07, 6.45) is 56.6. The number of aliphatic hydroxyl groups is 1. The number of esters is 4. The predicted molar refractivity (Wildman–Crippen MR) is 384 cm³/mol. The van der Waals surface area contributed by atoms with Crippen LogP contribution in [-0.4, -0.2) is 156 Å². The number of unbranched alkanes of at least 4 members (excludes halogenated alkanes) is 48. The molecule has 0 aromatic heterocycles. The Morgan fingerprint density at radius 3 is 0.638 bits per heavy atom. The van der Waals surface area contributed by atoms with Gasteiger partial charge in [-0.1, -0.05) is 336 Å². The SMILES string of the molecule is CCCCCCCCCCCCCCCC(=O)OC[C@H](COP(=O)(O)OCC(O)COP(=O)(O)OC[C@@H](COC(=O)CCCCCCCCCCCCCCC)OC(=O)CCCCCCCCCCCCCCC)OC(=O)CCCCCCCCCCCCCCC.[Na].[Na]. The van der Waals surface area contributed by atoms with Gasteiger partial charge in [0.25, 0.3) is 0 Å². The summed E-state index contributed by atoms with van der Waals surface area (Å²) in [6.45, 7) is 4.98. The Hall–Kier alpha value is 0.0600. The van der Waals surface area contributed by atoms with Crippen LogP contribution in [0.25, 0.3) is 0 Å². The van der Waals surface area contributed by atoms with Crippen molar-refractivity contribution in [3.05, 3.63) is 0 Å². The molecule has 0 fully saturated rings. The molecule has 94 heavy (non-hydrogen) atoms. The van der Waals surface area contributed by atoms with Gasteiger partial charge in [-0.15, -0.1) is 0 Å². The quantitative estimate of drug-likeness (QED) is 0.0169. The van der Waals surface area contributed by atoms with Gasteiger partial charge in [-0.2, -0.15) is 0 Å². The Bertz CT molecular complexity index is 1650. The van der Waals surface area contributed by atoms with Crippen molar-refractivity contribution in [2.45, 2.75) is 406 Å². The van der Waals surface area contributed by atoms with Crippen LogP contribution >= 0.6 is 15.6 Å². The van der Waals surface area contributed by atoms with Crippen LogP contribution < -0.4 is 0 Å². The molecule has 0 bridgehead atoms. The molecule has 0 saturated carbocycles. The molecule has 17 nitrogen and oxygen atoms in total. The maximum absolute atomic E-state index is 13.0. The van der Waals surface area contributed by atoms with Crippen LogP contribution in [0.3, 0.4) is 0 Å². The van der Waals surface area contributed by atoms with Crippen molar-refractivity contribution >= 4 is 98.6 Å². The Balaban J connectivity index is -0.0000414. The molecule has 2 radical (unpaired) electrons. The first-order valence-electron chi connectivity index (χ1n) is 38.3. The van der Waals surface area contributed by atoms with Gasteiger partial charge in [0.1, 0.15) is 19.3 Å². The molecule has 0 saturated heterocycles. The van der Waals surface area contributed by atoms with Crippen LogP contribution in [0.2, 0.25) is 0 Å². The first-order valence-corrected chi connectivity index (χ1v) is 41.3. The van der Waals surface area contributed by atoms with Gasteiger partial charge in [0.2, 0.25) is 0 Å². The van der Waals surface area contributed by atoms with Gasteiger partial charge in [-0.25, -0.2) is 9.13 Å². The zero-order valence-corrected chi connectivity index (χ0v) is 67.3. The van der Waals surface area contributed by atoms with Crippen LogP contribution in [0.15, 0.2) is 0 Å². The molecule has 0 spiro atoms. The molecular formula is C73H142Na2O17P2. The molecule has 0 aromatic carbocycles. The molecule has 0 heterocycles. The van der Waals surface area contributed by atoms with Crippen LogP contribution in [0.1, 0.15) is 387 Å². The number of aliphatic hydroxyl groups excluding tert-OH is 1. The van der Waals surface area contributed by atoms with Crippen LogP contribution in [0.5, 0.6) is 0 Å². The maximum Gasteiger partial charge on any atom is 0.472 e. The molecule has 0 aromatic rings. The minimum Gasteiger partial charge on any atom is -0.462 e. The van der Waals surface area contributed by atoms with E-state index in [9.17, 15) is 43.2 Å². The number of carbonyl (C=O) groups excluding carboxylic acids is 4. The number of phosphoric acid groups is 2. The second-order valence-electron chi connectivity index (χ2n) is 26.3. The average molecular weight is 1400 g/mol. The van der Waals surface area contributed by atoms with E-state index in [1.54, 1.807) is 0 Å². The van der Waals surface area contributed by atoms with Gasteiger partial charge in [0.15, 0.2) is 12.2 Å². The van der Waals surface area contributed by atoms with Crippen LogP contribution in [0.4, 0.5) is 0 Å². The Morgan fingerprint density at radius 1 is 0.266 bits per heavy atom. The summed E-state index contributed by atoms with van der Waals surface area (Å²) in [6, 6.07) is 0. The number of carbonyl (C=O) groups is 4. The molecule has 2 unspecified atom stereocenters. The summed E-state index contributed by atoms with van der Waals surface area (Å²) in [7, 11) is -9.90. The van der Waals surface area contributed by atoms with Crippen molar-refractivity contribution in [2.24, 2.45) is 0 Å². The van der Waals surface area contributed by atoms with Gasteiger partial charge >= 0.3 is 39.5 Å². The summed E-state index contributed by atoms with van der Waals surface area (Å²) in [5.74, 6) is -2.11. The average Bonchev–Trinajstić information content (AvgIpc) is 3.74. The third-order valence-electron chi connectivity index (χ3n) is 17.1. The Kier molecular flexibility index (Phi) is 77.6. The van der Waals surface area contributed by atoms with E-state index < -0.39 is 97.5 Å². The van der Waals surface area contributed by atoms with E-state index in [4.69, 9.17) is 37.0 Å². The van der Waals surface area contributed by atoms with Gasteiger partial charge < -0.3 is 33.8 Å². The molecule has 548 valence electrons. The fourth-order valence-electron chi connectivity index (χ4n) is 11.2. The van der Waals surface area contributed by atoms with E-state index >= 15 is 0 Å². The van der Waals surface area contributed by atoms with E-state index in [2.05, 4.69) is 27.7 Å². The summed E-state index contributed by atoms with van der Waals surface area (Å²) in [5.41, 5.74) is 0. The number of hydrogen-bond acceptors (Lipinski definition) is 15. The van der Waals surface area contributed by atoms with E-state index in [-0.39, 0.29) is 84.8 Å². The molecule has 4 atom stereocenters. The maximum atomic E-state index is 13.0. The molecule has 21 heteroatoms. The molecule has 0 aliphatic heterocycles. The van der Waals surface area contributed by atoms with Gasteiger partial charge in [-0.3, -0.25) is 37.3 Å². The van der Waals surface area contributed by atoms with Crippen molar-refractivity contribution < 1.29 is 80.2 Å². The van der Waals surface area contributed by atoms with E-state index in [1.807, 2.05) is 0 Å². The third kappa shape index (κ3) is 73.3. The predicted octanol–water partition coefficient (Wildman–Crippen LogP) is 20.7. The van der Waals surface area contributed by atoms with Gasteiger partial charge in [0.05, 0.1) is 26.4 Å². The molecule has 0 rings (SSSR count). The fraction of sp³-hybridized carbons (Fsp3) is 0.945. The third-order valence-corrected chi connectivity index (χ3v) is 19.0. The summed E-state index contributed by atoms with van der Waals surface area (Å²) in [5, 5.41) is 10.6. The monoisotopic (exact) mass is 1400 g/mol. The molecule has 0 aliphatic carbocycles. The summed E-state index contributed by atoms with van der Waals surface area (Å²) < 4.78 is 68.4. The van der Waals surface area contributed by atoms with E-state index in [0.717, 1.165) is 89.9 Å². The van der Waals surface area contributed by atoms with Crippen LogP contribution in [-0.2, 0) is 65.4 Å². The standard InChI is InChI=1S/C73H142O17P2.2Na/c1-5-9-13-17-21-25-29-33-37-41-45-49-53-57-70(75)83-63-68(89-72(77)59-55-51-47-43-39-35-31-27-23-19-15-11-7-3)65-87-91(79,80)85-61-67(74)62-86-92(81,82)88-66-69(90-73(78)60-56-52-48-44-40-36-32-28-24-20-16-12-8-4)64-84-71(76)58-54-50-46-42-38-34-30-26-22-18-14-10-6-2;;/h67-69,74H,5-66H2,1-4H3,(H,79,80)(H,81,82);;/t68-,69-;;/m1../s1. The second-order valence-corrected chi connectivity index (χ2v) is 29.2. The van der Waals surface area contributed by atoms with Crippen molar-refractivity contribution in [1.29, 1.82) is 0 Å². The first kappa shape index (κ1) is 98.2. The second kappa shape index (κ2) is 74.3. The zero-order valence-electron chi connectivity index (χ0n) is 61.5. The number of hydrogen-bond donors (Lipinski definition) is 3. The number of rotatable bonds is 74. The van der Waals surface area contributed by atoms with E-state index in [0.29, 0.717) is 25.7 Å². The zero-order chi connectivity index (χ0) is 67.5. The molecule has 3 N–H and O–H groups in total. The van der Waals surface area contributed by atoms with Crippen molar-refractivity contribution in [3.8, 4) is 0 Å². The van der Waals surface area contributed by atoms with Crippen molar-refractivity contribution in [3.63, 3.8) is 0 Å². The van der Waals surface area contributed by atoms with E-state index in [1.165, 1.54) is 218 Å². The molecular weight excluding hydrogens is 1260 g/mol. The Morgan fingerprint density at radius 2 is 0.436 bits per heavy atom. The van der Waals surface area contributed by atoms with Gasteiger partial charge in [0, 0.05) is 84.8 Å². The Labute approximate surface area is 619 Å². The summed E-state index contributed by atoms with van der Waals surface area (Å²) in [4.78, 5) is 72.7. The number of ether oxygens (including phenoxy) is 4. The molecule has 0 amide bonds. The first-order chi connectivity index (χ1) is 44.7. The van der Waals surface area contributed by atoms with Crippen LogP contribution in [0, 0.1) is 0 Å². The largest absolute Gasteiger partial charge is 0.472 e. The minimum absolute atomic E-state index is 0. The topological polar surface area (TPSA) is 237 Å². The smallest absolute Gasteiger partial charge is 0.462 e.